The average Bonchev–Trinajstić information content (AvgIpc) is 2.43. The van der Waals surface area contributed by atoms with Crippen LogP contribution in [0.1, 0.15) is 96.8 Å². The van der Waals surface area contributed by atoms with Crippen molar-refractivity contribution in [3.05, 3.63) is 0 Å². The van der Waals surface area contributed by atoms with Gasteiger partial charge in [0.2, 0.25) is 0 Å². The second kappa shape index (κ2) is 17.0. The lowest BCUT2D eigenvalue weighted by atomic mass is 10.0. The molecule has 120 valence electrons. The molecule has 0 aliphatic rings. The highest BCUT2D eigenvalue weighted by Crippen LogP contribution is 2.12. The van der Waals surface area contributed by atoms with E-state index in [1.165, 1.54) is 83.5 Å². The van der Waals surface area contributed by atoms with Crippen LogP contribution in [0.4, 0.5) is 4.79 Å². The minimum Gasteiger partial charge on any atom is -0.457 e. The minimum absolute atomic E-state index is 0.341. The Labute approximate surface area is 134 Å². The van der Waals surface area contributed by atoms with Crippen molar-refractivity contribution in [2.75, 3.05) is 6.61 Å². The summed E-state index contributed by atoms with van der Waals surface area (Å²) < 4.78 is 4.83. The van der Waals surface area contributed by atoms with Crippen LogP contribution in [0.5, 0.6) is 0 Å². The molecule has 0 atom stereocenters. The molecule has 20 heavy (non-hydrogen) atoms. The molecule has 0 rings (SSSR count). The summed E-state index contributed by atoms with van der Waals surface area (Å²) in [6, 6.07) is 0. The van der Waals surface area contributed by atoms with Crippen molar-refractivity contribution in [1.29, 1.82) is 0 Å². The summed E-state index contributed by atoms with van der Waals surface area (Å²) in [5, 5.41) is 0. The molecule has 0 aliphatic heterocycles. The maximum absolute atomic E-state index is 10.5. The van der Waals surface area contributed by atoms with Crippen LogP contribution in [0, 0.1) is 0 Å². The third kappa shape index (κ3) is 17.9. The third-order valence-electron chi connectivity index (χ3n) is 3.71. The first-order valence-electron chi connectivity index (χ1n) is 8.59. The summed E-state index contributed by atoms with van der Waals surface area (Å²) in [6.45, 7) is 2.83. The molecular weight excluding hydrogens is 316 g/mol. The quantitative estimate of drug-likeness (QED) is 0.235. The zero-order valence-corrected chi connectivity index (χ0v) is 14.9. The van der Waals surface area contributed by atoms with Crippen LogP contribution in [0.25, 0.3) is 0 Å². The van der Waals surface area contributed by atoms with Crippen LogP contribution in [0.2, 0.25) is 0 Å². The lowest BCUT2D eigenvalue weighted by molar-refractivity contribution is 0.174. The van der Waals surface area contributed by atoms with E-state index in [1.54, 1.807) is 0 Å². The van der Waals surface area contributed by atoms with Gasteiger partial charge in [-0.05, 0) is 6.42 Å². The van der Waals surface area contributed by atoms with E-state index in [0.29, 0.717) is 6.61 Å². The van der Waals surface area contributed by atoms with Crippen molar-refractivity contribution in [3.8, 4) is 0 Å². The summed E-state index contributed by atoms with van der Waals surface area (Å²) in [7, 11) is 0. The van der Waals surface area contributed by atoms with Gasteiger partial charge in [0, 0.05) is 15.9 Å². The number of ether oxygens (including phenoxy) is 1. The lowest BCUT2D eigenvalue weighted by Gasteiger charge is -2.03. The van der Waals surface area contributed by atoms with Gasteiger partial charge >= 0.3 is 4.88 Å². The molecule has 0 amide bonds. The van der Waals surface area contributed by atoms with E-state index in [1.807, 2.05) is 0 Å². The molecule has 0 spiro atoms. The second-order valence-electron chi connectivity index (χ2n) is 5.68. The van der Waals surface area contributed by atoms with Crippen molar-refractivity contribution in [2.24, 2.45) is 0 Å². The molecule has 0 unspecified atom stereocenters. The molecule has 0 aromatic rings. The molecule has 0 fully saturated rings. The highest BCUT2D eigenvalue weighted by atomic mass is 79.9. The molecule has 0 aromatic carbocycles. The van der Waals surface area contributed by atoms with Gasteiger partial charge in [0.1, 0.15) is 0 Å². The van der Waals surface area contributed by atoms with Gasteiger partial charge < -0.3 is 4.74 Å². The van der Waals surface area contributed by atoms with Crippen molar-refractivity contribution in [2.45, 2.75) is 96.8 Å². The predicted octanol–water partition coefficient (Wildman–Crippen LogP) is 7.00. The van der Waals surface area contributed by atoms with Gasteiger partial charge in [0.25, 0.3) is 0 Å². The fraction of sp³-hybridized carbons (Fsp3) is 0.941. The Hall–Kier alpha value is -0.0500. The summed E-state index contributed by atoms with van der Waals surface area (Å²) in [6.07, 6.45) is 18.9. The number of hydrogen-bond acceptors (Lipinski definition) is 2. The van der Waals surface area contributed by atoms with Crippen LogP contribution < -0.4 is 0 Å². The van der Waals surface area contributed by atoms with Gasteiger partial charge in [-0.15, -0.1) is 0 Å². The fourth-order valence-corrected chi connectivity index (χ4v) is 2.61. The second-order valence-corrected chi connectivity index (χ2v) is 6.33. The topological polar surface area (TPSA) is 26.3 Å². The molecule has 0 heterocycles. The fourth-order valence-electron chi connectivity index (χ4n) is 2.45. The Morgan fingerprint density at radius 3 is 1.40 bits per heavy atom. The van der Waals surface area contributed by atoms with E-state index < -0.39 is 0 Å². The van der Waals surface area contributed by atoms with E-state index in [9.17, 15) is 4.79 Å². The van der Waals surface area contributed by atoms with Crippen LogP contribution >= 0.6 is 15.9 Å². The molecule has 3 heteroatoms. The summed E-state index contributed by atoms with van der Waals surface area (Å²) >= 11 is 2.75. The van der Waals surface area contributed by atoms with E-state index in [0.717, 1.165) is 6.42 Å². The predicted molar refractivity (Wildman–Crippen MR) is 90.6 cm³/mol. The van der Waals surface area contributed by atoms with Crippen molar-refractivity contribution in [1.82, 2.24) is 0 Å². The Kier molecular flexibility index (Phi) is 17.0. The Morgan fingerprint density at radius 2 is 1.05 bits per heavy atom. The molecule has 0 N–H and O–H groups in total. The van der Waals surface area contributed by atoms with Gasteiger partial charge in [-0.25, -0.2) is 4.79 Å². The first kappa shape index (κ1) is 19.9. The highest BCUT2D eigenvalue weighted by Gasteiger charge is 1.96. The number of halogens is 1. The maximum atomic E-state index is 10.5. The van der Waals surface area contributed by atoms with E-state index in [-0.39, 0.29) is 4.88 Å². The van der Waals surface area contributed by atoms with Crippen molar-refractivity contribution >= 4 is 20.8 Å². The van der Waals surface area contributed by atoms with E-state index in [4.69, 9.17) is 4.74 Å². The number of unbranched alkanes of at least 4 members (excludes halogenated alkanes) is 13. The highest BCUT2D eigenvalue weighted by molar-refractivity contribution is 9.18. The molecule has 0 aromatic heterocycles. The largest absolute Gasteiger partial charge is 0.457 e. The first-order chi connectivity index (χ1) is 9.77. The molecule has 0 saturated heterocycles. The van der Waals surface area contributed by atoms with Gasteiger partial charge in [-0.1, -0.05) is 90.4 Å². The molecular formula is C17H33BrO2. The standard InChI is InChI=1S/C17H33BrO2/c1-2-3-4-5-6-7-8-9-10-11-12-13-14-15-16-20-17(18)19/h2-16H2,1H3. The first-order valence-corrected chi connectivity index (χ1v) is 9.39. The monoisotopic (exact) mass is 348 g/mol. The van der Waals surface area contributed by atoms with Crippen LogP contribution in [0.15, 0.2) is 0 Å². The molecule has 0 radical (unpaired) electrons. The van der Waals surface area contributed by atoms with Gasteiger partial charge in [-0.2, -0.15) is 0 Å². The van der Waals surface area contributed by atoms with Crippen LogP contribution in [-0.2, 0) is 4.74 Å². The number of carbonyl (C=O) groups excluding carboxylic acids is 1. The van der Waals surface area contributed by atoms with Crippen molar-refractivity contribution < 1.29 is 9.53 Å². The molecule has 0 bridgehead atoms. The smallest absolute Gasteiger partial charge is 0.374 e. The number of carbonyl (C=O) groups is 1. The zero-order valence-electron chi connectivity index (χ0n) is 13.3. The van der Waals surface area contributed by atoms with E-state index >= 15 is 0 Å². The van der Waals surface area contributed by atoms with Crippen LogP contribution in [0.3, 0.4) is 0 Å². The van der Waals surface area contributed by atoms with Gasteiger partial charge in [0.05, 0.1) is 6.61 Å². The summed E-state index contributed by atoms with van der Waals surface area (Å²) in [5.41, 5.74) is 0. The normalized spacial score (nSPS) is 10.7. The zero-order chi connectivity index (χ0) is 14.9. The minimum atomic E-state index is -0.341. The summed E-state index contributed by atoms with van der Waals surface area (Å²) in [4.78, 5) is 10.1. The van der Waals surface area contributed by atoms with Gasteiger partial charge in [-0.3, -0.25) is 0 Å². The van der Waals surface area contributed by atoms with E-state index in [2.05, 4.69) is 22.9 Å². The van der Waals surface area contributed by atoms with Gasteiger partial charge in [0.15, 0.2) is 0 Å². The lowest BCUT2D eigenvalue weighted by Crippen LogP contribution is -1.95. The van der Waals surface area contributed by atoms with Crippen LogP contribution in [-0.4, -0.2) is 11.5 Å². The Balaban J connectivity index is 2.94. The third-order valence-corrected chi connectivity index (χ3v) is 3.94. The Bertz CT molecular complexity index is 207. The average molecular weight is 349 g/mol. The van der Waals surface area contributed by atoms with Crippen molar-refractivity contribution in [3.63, 3.8) is 0 Å². The maximum Gasteiger partial charge on any atom is 0.374 e. The molecule has 0 saturated carbocycles. The molecule has 0 aliphatic carbocycles. The Morgan fingerprint density at radius 1 is 0.700 bits per heavy atom. The number of hydrogen-bond donors (Lipinski definition) is 0. The SMILES string of the molecule is CCCCCCCCCCCCCCCCOC(=O)Br. The number of rotatable bonds is 15. The molecule has 2 nitrogen and oxygen atoms in total. The summed E-state index contributed by atoms with van der Waals surface area (Å²) in [5.74, 6) is 0.